The monoisotopic (exact) mass is 314 g/mol. The fraction of sp³-hybridized carbons (Fsp3) is 0.188. The number of halogens is 1. The van der Waals surface area contributed by atoms with Crippen molar-refractivity contribution >= 4 is 21.6 Å². The van der Waals surface area contributed by atoms with Crippen LogP contribution in [0.5, 0.6) is 0 Å². The van der Waals surface area contributed by atoms with Gasteiger partial charge in [-0.1, -0.05) is 58.4 Å². The first-order valence-corrected chi connectivity index (χ1v) is 7.14. The molecule has 0 saturated carbocycles. The fourth-order valence-corrected chi connectivity index (χ4v) is 2.71. The molecule has 0 saturated heterocycles. The quantitative estimate of drug-likeness (QED) is 0.810. The minimum Gasteiger partial charge on any atom is -0.292 e. The molecular formula is C16H15BrN2. The molecule has 0 bridgehead atoms. The Hall–Kier alpha value is -1.61. The van der Waals surface area contributed by atoms with Crippen molar-refractivity contribution in [2.75, 3.05) is 7.05 Å². The number of hydrazone groups is 1. The van der Waals surface area contributed by atoms with Crippen LogP contribution in [0.2, 0.25) is 0 Å². The Labute approximate surface area is 121 Å². The lowest BCUT2D eigenvalue weighted by Gasteiger charge is -2.18. The molecule has 0 spiro atoms. The van der Waals surface area contributed by atoms with Crippen molar-refractivity contribution in [3.63, 3.8) is 0 Å². The van der Waals surface area contributed by atoms with Gasteiger partial charge in [0, 0.05) is 17.9 Å². The first kappa shape index (κ1) is 12.4. The molecule has 0 unspecified atom stereocenters. The number of hydrogen-bond donors (Lipinski definition) is 0. The summed E-state index contributed by atoms with van der Waals surface area (Å²) in [5.41, 5.74) is 3.69. The normalized spacial score (nSPS) is 18.5. The van der Waals surface area contributed by atoms with E-state index in [0.29, 0.717) is 6.04 Å². The van der Waals surface area contributed by atoms with Crippen LogP contribution >= 0.6 is 15.9 Å². The molecule has 1 heterocycles. The molecule has 0 fully saturated rings. The van der Waals surface area contributed by atoms with Crippen molar-refractivity contribution < 1.29 is 0 Å². The van der Waals surface area contributed by atoms with E-state index in [-0.39, 0.29) is 0 Å². The zero-order valence-electron chi connectivity index (χ0n) is 10.8. The standard InChI is InChI=1S/C16H15BrN2/c1-19-16(13-7-9-14(17)10-8-13)11-15(18-19)12-5-3-2-4-6-12/h2-10,16H,11H2,1H3/t16-/m1/s1. The lowest BCUT2D eigenvalue weighted by Crippen LogP contribution is -2.13. The summed E-state index contributed by atoms with van der Waals surface area (Å²) in [7, 11) is 2.04. The van der Waals surface area contributed by atoms with Crippen molar-refractivity contribution in [1.82, 2.24) is 5.01 Å². The summed E-state index contributed by atoms with van der Waals surface area (Å²) in [5.74, 6) is 0. The minimum atomic E-state index is 0.336. The summed E-state index contributed by atoms with van der Waals surface area (Å²) in [6, 6.07) is 19.2. The third kappa shape index (κ3) is 2.56. The molecule has 2 aromatic carbocycles. The first-order chi connectivity index (χ1) is 9.24. The van der Waals surface area contributed by atoms with E-state index >= 15 is 0 Å². The van der Waals surface area contributed by atoms with Crippen LogP contribution in [-0.2, 0) is 0 Å². The molecular weight excluding hydrogens is 300 g/mol. The second-order valence-electron chi connectivity index (χ2n) is 4.76. The summed E-state index contributed by atoms with van der Waals surface area (Å²) in [4.78, 5) is 0. The molecule has 2 aromatic rings. The second kappa shape index (κ2) is 5.17. The Morgan fingerprint density at radius 1 is 1.05 bits per heavy atom. The van der Waals surface area contributed by atoms with E-state index in [1.165, 1.54) is 11.1 Å². The second-order valence-corrected chi connectivity index (χ2v) is 5.67. The highest BCUT2D eigenvalue weighted by atomic mass is 79.9. The first-order valence-electron chi connectivity index (χ1n) is 6.35. The summed E-state index contributed by atoms with van der Waals surface area (Å²) < 4.78 is 1.11. The van der Waals surface area contributed by atoms with Crippen molar-refractivity contribution in [1.29, 1.82) is 0 Å². The molecule has 0 aliphatic carbocycles. The van der Waals surface area contributed by atoms with Gasteiger partial charge in [0.2, 0.25) is 0 Å². The van der Waals surface area contributed by atoms with Gasteiger partial charge in [-0.25, -0.2) is 0 Å². The van der Waals surface area contributed by atoms with Crippen LogP contribution in [-0.4, -0.2) is 17.8 Å². The van der Waals surface area contributed by atoms with Crippen molar-refractivity contribution in [3.8, 4) is 0 Å². The highest BCUT2D eigenvalue weighted by Crippen LogP contribution is 2.31. The van der Waals surface area contributed by atoms with Crippen molar-refractivity contribution in [2.24, 2.45) is 5.10 Å². The third-order valence-electron chi connectivity index (χ3n) is 3.48. The van der Waals surface area contributed by atoms with Crippen molar-refractivity contribution in [3.05, 3.63) is 70.2 Å². The fourth-order valence-electron chi connectivity index (χ4n) is 2.44. The van der Waals surface area contributed by atoms with E-state index in [0.717, 1.165) is 16.6 Å². The van der Waals surface area contributed by atoms with Gasteiger partial charge in [-0.15, -0.1) is 0 Å². The van der Waals surface area contributed by atoms with Crippen LogP contribution in [0.1, 0.15) is 23.6 Å². The molecule has 0 amide bonds. The molecule has 0 aromatic heterocycles. The van der Waals surface area contributed by atoms with Gasteiger partial charge in [0.05, 0.1) is 11.8 Å². The average Bonchev–Trinajstić information content (AvgIpc) is 2.83. The maximum Gasteiger partial charge on any atom is 0.0773 e. The van der Waals surface area contributed by atoms with E-state index in [4.69, 9.17) is 0 Å². The molecule has 0 N–H and O–H groups in total. The number of nitrogens with zero attached hydrogens (tertiary/aromatic N) is 2. The van der Waals surface area contributed by atoms with Gasteiger partial charge in [0.25, 0.3) is 0 Å². The molecule has 1 aliphatic rings. The lowest BCUT2D eigenvalue weighted by molar-refractivity contribution is 0.290. The number of benzene rings is 2. The zero-order valence-corrected chi connectivity index (χ0v) is 12.3. The Balaban J connectivity index is 1.84. The van der Waals surface area contributed by atoms with Gasteiger partial charge in [-0.3, -0.25) is 5.01 Å². The Kier molecular flexibility index (Phi) is 3.38. The van der Waals surface area contributed by atoms with E-state index in [1.807, 2.05) is 13.1 Å². The van der Waals surface area contributed by atoms with Crippen LogP contribution in [0.3, 0.4) is 0 Å². The van der Waals surface area contributed by atoms with Gasteiger partial charge in [0.15, 0.2) is 0 Å². The number of rotatable bonds is 2. The lowest BCUT2D eigenvalue weighted by atomic mass is 9.99. The minimum absolute atomic E-state index is 0.336. The van der Waals surface area contributed by atoms with E-state index in [2.05, 4.69) is 74.6 Å². The molecule has 0 radical (unpaired) electrons. The Bertz CT molecular complexity index is 590. The van der Waals surface area contributed by atoms with Gasteiger partial charge in [-0.05, 0) is 23.3 Å². The molecule has 96 valence electrons. The van der Waals surface area contributed by atoms with Crippen LogP contribution in [0, 0.1) is 0 Å². The van der Waals surface area contributed by atoms with Gasteiger partial charge < -0.3 is 0 Å². The Morgan fingerprint density at radius 2 is 1.74 bits per heavy atom. The molecule has 2 nitrogen and oxygen atoms in total. The molecule has 1 aliphatic heterocycles. The highest BCUT2D eigenvalue weighted by molar-refractivity contribution is 9.10. The van der Waals surface area contributed by atoms with Crippen LogP contribution in [0.4, 0.5) is 0 Å². The smallest absolute Gasteiger partial charge is 0.0773 e. The third-order valence-corrected chi connectivity index (χ3v) is 4.01. The maximum atomic E-state index is 4.68. The average molecular weight is 315 g/mol. The van der Waals surface area contributed by atoms with Crippen LogP contribution in [0.25, 0.3) is 0 Å². The summed E-state index contributed by atoms with van der Waals surface area (Å²) in [6.45, 7) is 0. The van der Waals surface area contributed by atoms with Crippen molar-refractivity contribution in [2.45, 2.75) is 12.5 Å². The molecule has 3 rings (SSSR count). The predicted octanol–water partition coefficient (Wildman–Crippen LogP) is 4.23. The molecule has 1 atom stereocenters. The van der Waals surface area contributed by atoms with Gasteiger partial charge in [0.1, 0.15) is 0 Å². The zero-order chi connectivity index (χ0) is 13.2. The summed E-state index contributed by atoms with van der Waals surface area (Å²) >= 11 is 3.48. The molecule has 19 heavy (non-hydrogen) atoms. The van der Waals surface area contributed by atoms with E-state index < -0.39 is 0 Å². The van der Waals surface area contributed by atoms with Crippen LogP contribution in [0.15, 0.2) is 64.2 Å². The summed E-state index contributed by atoms with van der Waals surface area (Å²) in [5, 5.41) is 6.74. The predicted molar refractivity (Wildman–Crippen MR) is 82.2 cm³/mol. The van der Waals surface area contributed by atoms with Gasteiger partial charge in [-0.2, -0.15) is 5.10 Å². The SMILES string of the molecule is CN1N=C(c2ccccc2)C[C@@H]1c1ccc(Br)cc1. The maximum absolute atomic E-state index is 4.68. The molecule has 3 heteroatoms. The largest absolute Gasteiger partial charge is 0.292 e. The van der Waals surface area contributed by atoms with Gasteiger partial charge >= 0.3 is 0 Å². The summed E-state index contributed by atoms with van der Waals surface area (Å²) in [6.07, 6.45) is 0.960. The topological polar surface area (TPSA) is 15.6 Å². The van der Waals surface area contributed by atoms with E-state index in [1.54, 1.807) is 0 Å². The number of hydrogen-bond acceptors (Lipinski definition) is 2. The van der Waals surface area contributed by atoms with E-state index in [9.17, 15) is 0 Å². The highest BCUT2D eigenvalue weighted by Gasteiger charge is 2.25. The van der Waals surface area contributed by atoms with Crippen LogP contribution < -0.4 is 0 Å². The Morgan fingerprint density at radius 3 is 2.42 bits per heavy atom.